The molecule has 0 saturated carbocycles. The number of H-pyrrole nitrogens is 1. The molecule has 1 unspecified atom stereocenters. The van der Waals surface area contributed by atoms with Crippen LogP contribution in [0.1, 0.15) is 31.0 Å². The summed E-state index contributed by atoms with van der Waals surface area (Å²) in [6.07, 6.45) is 1.32. The maximum absolute atomic E-state index is 9.30. The van der Waals surface area contributed by atoms with E-state index in [9.17, 15) is 5.11 Å². The molecule has 1 aliphatic heterocycles. The lowest BCUT2D eigenvalue weighted by Gasteiger charge is -2.02. The summed E-state index contributed by atoms with van der Waals surface area (Å²) in [6, 6.07) is 0.117. The molecule has 0 aliphatic carbocycles. The minimum atomic E-state index is -0.256. The van der Waals surface area contributed by atoms with Crippen LogP contribution in [0.15, 0.2) is 0 Å². The molecule has 0 bridgehead atoms. The number of nitrogens with zero attached hydrogens (tertiary/aromatic N) is 2. The number of aryl methyl sites for hydroxylation is 1. The van der Waals surface area contributed by atoms with Gasteiger partial charge in [-0.25, -0.2) is 4.98 Å². The van der Waals surface area contributed by atoms with Gasteiger partial charge in [-0.3, -0.25) is 5.10 Å². The molecule has 1 aromatic heterocycles. The summed E-state index contributed by atoms with van der Waals surface area (Å²) in [5.74, 6) is 1.67. The molecule has 2 rings (SSSR count). The molecule has 5 heteroatoms. The minimum Gasteiger partial charge on any atom is -0.392 e. The van der Waals surface area contributed by atoms with Crippen molar-refractivity contribution < 1.29 is 5.11 Å². The third-order valence-corrected chi connectivity index (χ3v) is 2.30. The molecule has 3 N–H and O–H groups in total. The first-order chi connectivity index (χ1) is 6.29. The Balaban J connectivity index is 2.08. The smallest absolute Gasteiger partial charge is 0.167 e. The van der Waals surface area contributed by atoms with Gasteiger partial charge in [0, 0.05) is 13.0 Å². The summed E-state index contributed by atoms with van der Waals surface area (Å²) >= 11 is 0. The molecular formula is C8H14N4O. The number of aliphatic hydroxyl groups excluding tert-OH is 1. The summed E-state index contributed by atoms with van der Waals surface area (Å²) in [6.45, 7) is 2.67. The number of rotatable bonds is 2. The van der Waals surface area contributed by atoms with E-state index in [4.69, 9.17) is 0 Å². The summed E-state index contributed by atoms with van der Waals surface area (Å²) in [5, 5.41) is 19.4. The number of aromatic nitrogens is 3. The van der Waals surface area contributed by atoms with Gasteiger partial charge in [0.1, 0.15) is 5.82 Å². The third kappa shape index (κ3) is 1.71. The van der Waals surface area contributed by atoms with Crippen molar-refractivity contribution >= 4 is 0 Å². The fourth-order valence-corrected chi connectivity index (χ4v) is 1.54. The summed E-state index contributed by atoms with van der Waals surface area (Å²) < 4.78 is 0. The van der Waals surface area contributed by atoms with Gasteiger partial charge in [-0.05, 0) is 6.42 Å². The van der Waals surface area contributed by atoms with Crippen LogP contribution in [0.25, 0.3) is 0 Å². The Morgan fingerprint density at radius 1 is 1.62 bits per heavy atom. The van der Waals surface area contributed by atoms with E-state index >= 15 is 0 Å². The molecule has 0 radical (unpaired) electrons. The average molecular weight is 182 g/mol. The highest BCUT2D eigenvalue weighted by Crippen LogP contribution is 2.19. The number of hydrogen-bond acceptors (Lipinski definition) is 4. The van der Waals surface area contributed by atoms with Crippen LogP contribution >= 0.6 is 0 Å². The fourth-order valence-electron chi connectivity index (χ4n) is 1.54. The van der Waals surface area contributed by atoms with Crippen LogP contribution in [0.3, 0.4) is 0 Å². The van der Waals surface area contributed by atoms with Crippen molar-refractivity contribution in [2.45, 2.75) is 31.9 Å². The second kappa shape index (κ2) is 3.43. The third-order valence-electron chi connectivity index (χ3n) is 2.30. The normalized spacial score (nSPS) is 28.2. The molecule has 1 saturated heterocycles. The molecule has 2 heterocycles. The standard InChI is InChI=1S/C8H14N4O/c1-2-7-10-8(12-11-7)6-3-5(13)4-9-6/h5-6,9,13H,2-4H2,1H3,(H,10,11,12)/t5?,6-/m0/s1. The van der Waals surface area contributed by atoms with Gasteiger partial charge < -0.3 is 10.4 Å². The van der Waals surface area contributed by atoms with Crippen molar-refractivity contribution in [1.82, 2.24) is 20.5 Å². The molecule has 0 aromatic carbocycles. The number of aromatic amines is 1. The van der Waals surface area contributed by atoms with Crippen molar-refractivity contribution in [2.75, 3.05) is 6.54 Å². The van der Waals surface area contributed by atoms with Gasteiger partial charge in [0.25, 0.3) is 0 Å². The Hall–Kier alpha value is -0.940. The van der Waals surface area contributed by atoms with E-state index in [1.165, 1.54) is 0 Å². The lowest BCUT2D eigenvalue weighted by Crippen LogP contribution is -2.15. The summed E-state index contributed by atoms with van der Waals surface area (Å²) in [4.78, 5) is 4.30. The van der Waals surface area contributed by atoms with Gasteiger partial charge in [-0.15, -0.1) is 0 Å². The van der Waals surface area contributed by atoms with Crippen LogP contribution in [0, 0.1) is 0 Å². The van der Waals surface area contributed by atoms with Gasteiger partial charge in [-0.2, -0.15) is 5.10 Å². The zero-order chi connectivity index (χ0) is 9.26. The second-order valence-corrected chi connectivity index (χ2v) is 3.34. The first-order valence-electron chi connectivity index (χ1n) is 4.62. The van der Waals surface area contributed by atoms with Gasteiger partial charge in [0.2, 0.25) is 0 Å². The van der Waals surface area contributed by atoms with Crippen LogP contribution in [-0.4, -0.2) is 32.9 Å². The Morgan fingerprint density at radius 2 is 2.46 bits per heavy atom. The Kier molecular flexibility index (Phi) is 2.28. The largest absolute Gasteiger partial charge is 0.392 e. The number of aliphatic hydroxyl groups is 1. The number of nitrogens with one attached hydrogen (secondary N) is 2. The van der Waals surface area contributed by atoms with E-state index in [0.717, 1.165) is 18.1 Å². The highest BCUT2D eigenvalue weighted by atomic mass is 16.3. The lowest BCUT2D eigenvalue weighted by atomic mass is 10.2. The molecule has 1 aliphatic rings. The van der Waals surface area contributed by atoms with Crippen molar-refractivity contribution in [2.24, 2.45) is 0 Å². The molecule has 1 aromatic rings. The van der Waals surface area contributed by atoms with Gasteiger partial charge in [-0.1, -0.05) is 6.92 Å². The number of hydrogen-bond donors (Lipinski definition) is 3. The molecule has 1 fully saturated rings. The van der Waals surface area contributed by atoms with E-state index in [1.807, 2.05) is 6.92 Å². The van der Waals surface area contributed by atoms with E-state index < -0.39 is 0 Å². The van der Waals surface area contributed by atoms with E-state index in [2.05, 4.69) is 20.5 Å². The van der Waals surface area contributed by atoms with Gasteiger partial charge in [0.05, 0.1) is 12.1 Å². The maximum atomic E-state index is 9.30. The van der Waals surface area contributed by atoms with Crippen molar-refractivity contribution in [3.8, 4) is 0 Å². The monoisotopic (exact) mass is 182 g/mol. The van der Waals surface area contributed by atoms with Crippen molar-refractivity contribution in [1.29, 1.82) is 0 Å². The first-order valence-corrected chi connectivity index (χ1v) is 4.62. The Labute approximate surface area is 76.6 Å². The fraction of sp³-hybridized carbons (Fsp3) is 0.750. The zero-order valence-electron chi connectivity index (χ0n) is 7.62. The van der Waals surface area contributed by atoms with Crippen molar-refractivity contribution in [3.63, 3.8) is 0 Å². The van der Waals surface area contributed by atoms with E-state index in [0.29, 0.717) is 13.0 Å². The zero-order valence-corrected chi connectivity index (χ0v) is 7.62. The Bertz CT molecular complexity index is 285. The first kappa shape index (κ1) is 8.65. The SMILES string of the molecule is CCc1nc([C@@H]2CC(O)CN2)n[nH]1. The average Bonchev–Trinajstić information content (AvgIpc) is 2.71. The second-order valence-electron chi connectivity index (χ2n) is 3.34. The van der Waals surface area contributed by atoms with Crippen molar-refractivity contribution in [3.05, 3.63) is 11.6 Å². The van der Waals surface area contributed by atoms with Crippen LogP contribution in [-0.2, 0) is 6.42 Å². The van der Waals surface area contributed by atoms with Gasteiger partial charge in [0.15, 0.2) is 5.82 Å². The van der Waals surface area contributed by atoms with E-state index in [1.54, 1.807) is 0 Å². The highest BCUT2D eigenvalue weighted by molar-refractivity contribution is 5.00. The van der Waals surface area contributed by atoms with Gasteiger partial charge >= 0.3 is 0 Å². The molecule has 0 amide bonds. The number of β-amino-alcohol motifs (C(OH)–C–C–N with tert-alkyl or cyclic N) is 1. The minimum absolute atomic E-state index is 0.117. The summed E-state index contributed by atoms with van der Waals surface area (Å²) in [7, 11) is 0. The maximum Gasteiger partial charge on any atom is 0.167 e. The van der Waals surface area contributed by atoms with Crippen LogP contribution in [0.4, 0.5) is 0 Å². The molecule has 2 atom stereocenters. The molecule has 5 nitrogen and oxygen atoms in total. The molecule has 13 heavy (non-hydrogen) atoms. The molecule has 72 valence electrons. The van der Waals surface area contributed by atoms with Crippen LogP contribution < -0.4 is 5.32 Å². The molecular weight excluding hydrogens is 168 g/mol. The van der Waals surface area contributed by atoms with Crippen LogP contribution in [0.2, 0.25) is 0 Å². The quantitative estimate of drug-likeness (QED) is 0.590. The lowest BCUT2D eigenvalue weighted by molar-refractivity contribution is 0.193. The Morgan fingerprint density at radius 3 is 3.00 bits per heavy atom. The predicted molar refractivity (Wildman–Crippen MR) is 47.1 cm³/mol. The molecule has 0 spiro atoms. The van der Waals surface area contributed by atoms with E-state index in [-0.39, 0.29) is 12.1 Å². The summed E-state index contributed by atoms with van der Waals surface area (Å²) in [5.41, 5.74) is 0. The predicted octanol–water partition coefficient (Wildman–Crippen LogP) is -0.238. The topological polar surface area (TPSA) is 73.8 Å². The highest BCUT2D eigenvalue weighted by Gasteiger charge is 2.26. The van der Waals surface area contributed by atoms with Crippen LogP contribution in [0.5, 0.6) is 0 Å².